The van der Waals surface area contributed by atoms with Gasteiger partial charge >= 0.3 is 0 Å². The molecule has 0 saturated carbocycles. The zero-order valence-electron chi connectivity index (χ0n) is 10.1. The van der Waals surface area contributed by atoms with Crippen LogP contribution in [0.4, 0.5) is 5.69 Å². The standard InChI is InChI=1S/C14H18N2O/c1-2-8-16-9-7-12-10-11(3-5-13(12)16)4-6-14(15)17/h3-6,10H,2,7-9H2,1H3,(H2,15,17)/b6-4-. The first-order valence-corrected chi connectivity index (χ1v) is 6.06. The quantitative estimate of drug-likeness (QED) is 0.804. The number of nitrogens with zero attached hydrogens (tertiary/aromatic N) is 1. The number of carbonyl (C=O) groups is 1. The molecule has 0 aliphatic carbocycles. The Morgan fingerprint density at radius 2 is 2.35 bits per heavy atom. The van der Waals surface area contributed by atoms with E-state index in [1.165, 1.54) is 23.7 Å². The maximum atomic E-state index is 10.7. The highest BCUT2D eigenvalue weighted by Gasteiger charge is 2.17. The normalized spacial score (nSPS) is 14.3. The van der Waals surface area contributed by atoms with E-state index in [-0.39, 0.29) is 0 Å². The summed E-state index contributed by atoms with van der Waals surface area (Å²) >= 11 is 0. The molecule has 0 aromatic heterocycles. The number of hydrogen-bond donors (Lipinski definition) is 1. The maximum Gasteiger partial charge on any atom is 0.241 e. The van der Waals surface area contributed by atoms with Gasteiger partial charge in [0.25, 0.3) is 0 Å². The summed E-state index contributed by atoms with van der Waals surface area (Å²) in [6.45, 7) is 4.41. The van der Waals surface area contributed by atoms with Crippen molar-refractivity contribution in [2.45, 2.75) is 19.8 Å². The van der Waals surface area contributed by atoms with Crippen LogP contribution in [-0.4, -0.2) is 19.0 Å². The Labute approximate surface area is 102 Å². The van der Waals surface area contributed by atoms with Gasteiger partial charge < -0.3 is 10.6 Å². The summed E-state index contributed by atoms with van der Waals surface area (Å²) in [5, 5.41) is 0. The van der Waals surface area contributed by atoms with E-state index in [1.54, 1.807) is 6.08 Å². The van der Waals surface area contributed by atoms with Gasteiger partial charge in [0.2, 0.25) is 5.91 Å². The van der Waals surface area contributed by atoms with Gasteiger partial charge in [0, 0.05) is 24.9 Å². The monoisotopic (exact) mass is 230 g/mol. The van der Waals surface area contributed by atoms with E-state index in [1.807, 2.05) is 6.07 Å². The van der Waals surface area contributed by atoms with Crippen molar-refractivity contribution in [1.82, 2.24) is 0 Å². The smallest absolute Gasteiger partial charge is 0.241 e. The number of rotatable bonds is 4. The molecule has 3 nitrogen and oxygen atoms in total. The SMILES string of the molecule is CCCN1CCc2cc(/C=C\C(N)=O)ccc21. The van der Waals surface area contributed by atoms with Crippen LogP contribution >= 0.6 is 0 Å². The van der Waals surface area contributed by atoms with Crippen molar-refractivity contribution in [3.8, 4) is 0 Å². The van der Waals surface area contributed by atoms with Crippen LogP contribution in [0.3, 0.4) is 0 Å². The second-order valence-corrected chi connectivity index (χ2v) is 4.36. The Balaban J connectivity index is 2.19. The molecule has 0 bridgehead atoms. The molecule has 2 N–H and O–H groups in total. The second kappa shape index (κ2) is 5.04. The number of nitrogens with two attached hydrogens (primary N) is 1. The van der Waals surface area contributed by atoms with E-state index in [4.69, 9.17) is 5.73 Å². The van der Waals surface area contributed by atoms with Crippen molar-refractivity contribution < 1.29 is 4.79 Å². The first-order chi connectivity index (χ1) is 8.20. The molecule has 2 rings (SSSR count). The first-order valence-electron chi connectivity index (χ1n) is 6.06. The summed E-state index contributed by atoms with van der Waals surface area (Å²) in [5.41, 5.74) is 8.83. The molecular weight excluding hydrogens is 212 g/mol. The molecule has 3 heteroatoms. The lowest BCUT2D eigenvalue weighted by Gasteiger charge is -2.18. The van der Waals surface area contributed by atoms with Crippen LogP contribution in [-0.2, 0) is 11.2 Å². The zero-order valence-corrected chi connectivity index (χ0v) is 10.1. The largest absolute Gasteiger partial charge is 0.371 e. The van der Waals surface area contributed by atoms with Gasteiger partial charge in [-0.25, -0.2) is 0 Å². The molecule has 0 atom stereocenters. The lowest BCUT2D eigenvalue weighted by Crippen LogP contribution is -2.20. The van der Waals surface area contributed by atoms with Gasteiger partial charge in [-0.1, -0.05) is 13.0 Å². The average Bonchev–Trinajstić information content (AvgIpc) is 2.70. The molecule has 1 aromatic carbocycles. The van der Waals surface area contributed by atoms with Crippen molar-refractivity contribution in [2.24, 2.45) is 5.73 Å². The van der Waals surface area contributed by atoms with Gasteiger partial charge in [-0.3, -0.25) is 4.79 Å². The molecule has 1 aliphatic heterocycles. The molecule has 0 fully saturated rings. The number of carbonyl (C=O) groups excluding carboxylic acids is 1. The highest BCUT2D eigenvalue weighted by Crippen LogP contribution is 2.29. The van der Waals surface area contributed by atoms with Gasteiger partial charge in [0.15, 0.2) is 0 Å². The summed E-state index contributed by atoms with van der Waals surface area (Å²) < 4.78 is 0. The molecule has 1 heterocycles. The molecule has 0 saturated heterocycles. The van der Waals surface area contributed by atoms with Crippen molar-refractivity contribution >= 4 is 17.7 Å². The predicted molar refractivity (Wildman–Crippen MR) is 70.9 cm³/mol. The minimum Gasteiger partial charge on any atom is -0.371 e. The lowest BCUT2D eigenvalue weighted by atomic mass is 10.1. The number of fused-ring (bicyclic) bond motifs is 1. The Kier molecular flexibility index (Phi) is 3.47. The third kappa shape index (κ3) is 2.67. The molecule has 17 heavy (non-hydrogen) atoms. The van der Waals surface area contributed by atoms with Crippen LogP contribution in [0.25, 0.3) is 6.08 Å². The van der Waals surface area contributed by atoms with Gasteiger partial charge in [0.05, 0.1) is 0 Å². The van der Waals surface area contributed by atoms with Crippen LogP contribution < -0.4 is 10.6 Å². The van der Waals surface area contributed by atoms with Crippen LogP contribution in [0, 0.1) is 0 Å². The van der Waals surface area contributed by atoms with Gasteiger partial charge in [-0.05, 0) is 42.2 Å². The fraction of sp³-hybridized carbons (Fsp3) is 0.357. The van der Waals surface area contributed by atoms with Crippen molar-refractivity contribution in [3.05, 3.63) is 35.4 Å². The molecule has 0 spiro atoms. The number of anilines is 1. The summed E-state index contributed by atoms with van der Waals surface area (Å²) in [4.78, 5) is 13.1. The van der Waals surface area contributed by atoms with Crippen molar-refractivity contribution in [3.63, 3.8) is 0 Å². The minimum absolute atomic E-state index is 0.405. The summed E-state index contributed by atoms with van der Waals surface area (Å²) in [7, 11) is 0. The topological polar surface area (TPSA) is 46.3 Å². The number of amides is 1. The van der Waals surface area contributed by atoms with Gasteiger partial charge in [-0.15, -0.1) is 0 Å². The highest BCUT2D eigenvalue weighted by atomic mass is 16.1. The summed E-state index contributed by atoms with van der Waals surface area (Å²) in [6, 6.07) is 6.31. The lowest BCUT2D eigenvalue weighted by molar-refractivity contribution is -0.113. The van der Waals surface area contributed by atoms with Crippen LogP contribution in [0.1, 0.15) is 24.5 Å². The van der Waals surface area contributed by atoms with E-state index in [2.05, 4.69) is 24.0 Å². The van der Waals surface area contributed by atoms with Gasteiger partial charge in [0.1, 0.15) is 0 Å². The Bertz CT molecular complexity index is 452. The van der Waals surface area contributed by atoms with Crippen LogP contribution in [0.15, 0.2) is 24.3 Å². The number of hydrogen-bond acceptors (Lipinski definition) is 2. The van der Waals surface area contributed by atoms with E-state index in [0.29, 0.717) is 0 Å². The van der Waals surface area contributed by atoms with Gasteiger partial charge in [-0.2, -0.15) is 0 Å². The third-order valence-electron chi connectivity index (χ3n) is 3.03. The summed E-state index contributed by atoms with van der Waals surface area (Å²) in [6.07, 6.45) is 5.43. The van der Waals surface area contributed by atoms with E-state index in [9.17, 15) is 4.79 Å². The zero-order chi connectivity index (χ0) is 12.3. The number of primary amides is 1. The molecule has 1 amide bonds. The first kappa shape index (κ1) is 11.7. The highest BCUT2D eigenvalue weighted by molar-refractivity contribution is 5.90. The predicted octanol–water partition coefficient (Wildman–Crippen LogP) is 1.96. The average molecular weight is 230 g/mol. The van der Waals surface area contributed by atoms with E-state index >= 15 is 0 Å². The van der Waals surface area contributed by atoms with E-state index < -0.39 is 5.91 Å². The van der Waals surface area contributed by atoms with Crippen molar-refractivity contribution in [2.75, 3.05) is 18.0 Å². The Morgan fingerprint density at radius 1 is 1.53 bits per heavy atom. The molecule has 0 radical (unpaired) electrons. The Morgan fingerprint density at radius 3 is 3.06 bits per heavy atom. The fourth-order valence-corrected chi connectivity index (χ4v) is 2.27. The molecule has 90 valence electrons. The molecule has 0 unspecified atom stereocenters. The molecular formula is C14H18N2O. The molecule has 1 aromatic rings. The van der Waals surface area contributed by atoms with Crippen LogP contribution in [0.2, 0.25) is 0 Å². The molecule has 1 aliphatic rings. The Hall–Kier alpha value is -1.77. The fourth-order valence-electron chi connectivity index (χ4n) is 2.27. The third-order valence-corrected chi connectivity index (χ3v) is 3.03. The van der Waals surface area contributed by atoms with Crippen molar-refractivity contribution in [1.29, 1.82) is 0 Å². The van der Waals surface area contributed by atoms with E-state index in [0.717, 1.165) is 25.1 Å². The summed E-state index contributed by atoms with van der Waals surface area (Å²) in [5.74, 6) is -0.405. The second-order valence-electron chi connectivity index (χ2n) is 4.36. The minimum atomic E-state index is -0.405. The van der Waals surface area contributed by atoms with Crippen LogP contribution in [0.5, 0.6) is 0 Å². The number of benzene rings is 1. The maximum absolute atomic E-state index is 10.7.